The second kappa shape index (κ2) is 7.59. The highest BCUT2D eigenvalue weighted by Gasteiger charge is 2.35. The molecule has 1 aromatic rings. The van der Waals surface area contributed by atoms with Crippen LogP contribution in [-0.2, 0) is 11.3 Å². The van der Waals surface area contributed by atoms with Crippen LogP contribution in [0.3, 0.4) is 0 Å². The van der Waals surface area contributed by atoms with Crippen molar-refractivity contribution in [1.82, 2.24) is 14.5 Å². The molecule has 3 N–H and O–H groups in total. The lowest BCUT2D eigenvalue weighted by Gasteiger charge is -2.17. The first-order valence-electron chi connectivity index (χ1n) is 7.59. The zero-order valence-electron chi connectivity index (χ0n) is 12.7. The Morgan fingerprint density at radius 3 is 2.61 bits per heavy atom. The second-order valence-electron chi connectivity index (χ2n) is 5.92. The minimum Gasteiger partial charge on any atom is -0.394 e. The monoisotopic (exact) mass is 347 g/mol. The lowest BCUT2D eigenvalue weighted by atomic mass is 10.2. The quantitative estimate of drug-likeness (QED) is 0.658. The number of nitrogens with zero attached hydrogens (tertiary/aromatic N) is 2. The summed E-state index contributed by atoms with van der Waals surface area (Å²) in [5, 5.41) is 18.9. The van der Waals surface area contributed by atoms with E-state index in [1.54, 1.807) is 0 Å². The van der Waals surface area contributed by atoms with E-state index >= 15 is 0 Å². The summed E-state index contributed by atoms with van der Waals surface area (Å²) in [6, 6.07) is 0. The molecule has 0 saturated carbocycles. The van der Waals surface area contributed by atoms with Crippen LogP contribution in [-0.4, -0.2) is 56.6 Å². The summed E-state index contributed by atoms with van der Waals surface area (Å²) < 4.78 is 6.78. The number of hydrogen-bond donors (Lipinski definition) is 3. The van der Waals surface area contributed by atoms with Gasteiger partial charge in [0.1, 0.15) is 12.3 Å². The van der Waals surface area contributed by atoms with Crippen LogP contribution in [0.1, 0.15) is 31.1 Å². The van der Waals surface area contributed by atoms with Gasteiger partial charge in [0.25, 0.3) is 5.56 Å². The summed E-state index contributed by atoms with van der Waals surface area (Å²) in [4.78, 5) is 28.4. The number of aliphatic hydroxyl groups is 2. The van der Waals surface area contributed by atoms with Crippen molar-refractivity contribution in [3.05, 3.63) is 32.6 Å². The molecular weight excluding hydrogens is 326 g/mol. The number of ether oxygens (including phenoxy) is 1. The maximum absolute atomic E-state index is 12.0. The Kier molecular flexibility index (Phi) is 5.99. The summed E-state index contributed by atoms with van der Waals surface area (Å²) in [7, 11) is 0. The molecule has 0 aromatic carbocycles. The molecule has 23 heavy (non-hydrogen) atoms. The maximum Gasteiger partial charge on any atom is 0.330 e. The van der Waals surface area contributed by atoms with Crippen LogP contribution in [0.25, 0.3) is 0 Å². The first kappa shape index (κ1) is 18.2. The molecule has 2 aliphatic heterocycles. The first-order chi connectivity index (χ1) is 10.6. The van der Waals surface area contributed by atoms with Gasteiger partial charge in [-0.25, -0.2) is 4.79 Å². The molecule has 130 valence electrons. The smallest absolute Gasteiger partial charge is 0.330 e. The van der Waals surface area contributed by atoms with Gasteiger partial charge >= 0.3 is 5.69 Å². The summed E-state index contributed by atoms with van der Waals surface area (Å²) >= 11 is 0. The lowest BCUT2D eigenvalue weighted by Crippen LogP contribution is -2.36. The fourth-order valence-corrected chi connectivity index (χ4v) is 3.09. The summed E-state index contributed by atoms with van der Waals surface area (Å²) in [5.41, 5.74) is -0.441. The molecule has 2 aliphatic rings. The zero-order chi connectivity index (χ0) is 15.7. The van der Waals surface area contributed by atoms with Gasteiger partial charge in [0.05, 0.1) is 12.7 Å². The van der Waals surface area contributed by atoms with Crippen molar-refractivity contribution in [2.75, 3.05) is 19.7 Å². The molecule has 0 amide bonds. The van der Waals surface area contributed by atoms with Crippen LogP contribution in [0.5, 0.6) is 0 Å². The van der Waals surface area contributed by atoms with Gasteiger partial charge in [-0.2, -0.15) is 0 Å². The lowest BCUT2D eigenvalue weighted by molar-refractivity contribution is -0.0460. The van der Waals surface area contributed by atoms with Gasteiger partial charge in [-0.1, -0.05) is 0 Å². The molecule has 3 unspecified atom stereocenters. The van der Waals surface area contributed by atoms with E-state index in [1.165, 1.54) is 10.8 Å². The highest BCUT2D eigenvalue weighted by molar-refractivity contribution is 5.85. The number of hydrogen-bond acceptors (Lipinski definition) is 6. The van der Waals surface area contributed by atoms with Crippen molar-refractivity contribution in [2.24, 2.45) is 0 Å². The van der Waals surface area contributed by atoms with Gasteiger partial charge in [0.15, 0.2) is 0 Å². The van der Waals surface area contributed by atoms with Crippen LogP contribution in [0.15, 0.2) is 15.8 Å². The van der Waals surface area contributed by atoms with E-state index in [4.69, 9.17) is 9.84 Å². The molecule has 9 heteroatoms. The van der Waals surface area contributed by atoms with Crippen LogP contribution >= 0.6 is 12.4 Å². The Balaban J connectivity index is 0.00000192. The van der Waals surface area contributed by atoms with Gasteiger partial charge in [0, 0.05) is 24.7 Å². The van der Waals surface area contributed by atoms with Crippen LogP contribution in [0.4, 0.5) is 0 Å². The molecule has 3 heterocycles. The van der Waals surface area contributed by atoms with Gasteiger partial charge in [0.2, 0.25) is 0 Å². The third-order valence-electron chi connectivity index (χ3n) is 4.33. The Hall–Kier alpha value is -1.19. The zero-order valence-corrected chi connectivity index (χ0v) is 13.5. The molecule has 3 rings (SSSR count). The van der Waals surface area contributed by atoms with Gasteiger partial charge in [-0.15, -0.1) is 12.4 Å². The first-order valence-corrected chi connectivity index (χ1v) is 7.59. The molecule has 2 saturated heterocycles. The number of halogens is 1. The Morgan fingerprint density at radius 1 is 1.30 bits per heavy atom. The van der Waals surface area contributed by atoms with Crippen molar-refractivity contribution >= 4 is 12.4 Å². The summed E-state index contributed by atoms with van der Waals surface area (Å²) in [5.74, 6) is 0. The van der Waals surface area contributed by atoms with Crippen molar-refractivity contribution < 1.29 is 14.9 Å². The number of aromatic nitrogens is 2. The predicted molar refractivity (Wildman–Crippen MR) is 84.7 cm³/mol. The minimum absolute atomic E-state index is 0. The number of H-pyrrole nitrogens is 1. The van der Waals surface area contributed by atoms with Crippen molar-refractivity contribution in [1.29, 1.82) is 0 Å². The fraction of sp³-hybridized carbons (Fsp3) is 0.714. The maximum atomic E-state index is 12.0. The van der Waals surface area contributed by atoms with E-state index in [9.17, 15) is 14.7 Å². The molecule has 3 atom stereocenters. The normalized spacial score (nSPS) is 28.0. The van der Waals surface area contributed by atoms with Crippen LogP contribution in [0, 0.1) is 0 Å². The highest BCUT2D eigenvalue weighted by Crippen LogP contribution is 2.27. The molecule has 1 aromatic heterocycles. The van der Waals surface area contributed by atoms with E-state index in [1.807, 2.05) is 0 Å². The Labute approximate surface area is 139 Å². The van der Waals surface area contributed by atoms with Gasteiger partial charge in [-0.3, -0.25) is 19.2 Å². The van der Waals surface area contributed by atoms with Gasteiger partial charge in [-0.05, 0) is 25.9 Å². The standard InChI is InChI=1S/C14H21N3O5.ClH/c18-8-11-10(19)5-12(22-11)17-7-9(13(20)15-14(17)21)6-16-3-1-2-4-16;/h7,10-12,18-19H,1-6,8H2,(H,15,20,21);1H. The number of aromatic amines is 1. The molecule has 2 fully saturated rings. The van der Waals surface area contributed by atoms with Crippen LogP contribution < -0.4 is 11.2 Å². The summed E-state index contributed by atoms with van der Waals surface area (Å²) in [6.45, 7) is 2.08. The fourth-order valence-electron chi connectivity index (χ4n) is 3.09. The average molecular weight is 348 g/mol. The second-order valence-corrected chi connectivity index (χ2v) is 5.92. The number of likely N-dealkylation sites (tertiary alicyclic amines) is 1. The number of nitrogens with one attached hydrogen (secondary N) is 1. The van der Waals surface area contributed by atoms with Crippen molar-refractivity contribution in [3.63, 3.8) is 0 Å². The van der Waals surface area contributed by atoms with E-state index in [2.05, 4.69) is 9.88 Å². The highest BCUT2D eigenvalue weighted by atomic mass is 35.5. The SMILES string of the molecule is Cl.O=c1[nH]c(=O)n(C2CC(O)C(CO)O2)cc1CN1CCCC1. The van der Waals surface area contributed by atoms with E-state index in [-0.39, 0.29) is 31.0 Å². The van der Waals surface area contributed by atoms with E-state index in [0.29, 0.717) is 12.1 Å². The van der Waals surface area contributed by atoms with Gasteiger partial charge < -0.3 is 14.9 Å². The molecule has 8 nitrogen and oxygen atoms in total. The largest absolute Gasteiger partial charge is 0.394 e. The van der Waals surface area contributed by atoms with E-state index < -0.39 is 24.1 Å². The van der Waals surface area contributed by atoms with E-state index in [0.717, 1.165) is 25.9 Å². The van der Waals surface area contributed by atoms with Crippen LogP contribution in [0.2, 0.25) is 0 Å². The minimum atomic E-state index is -0.823. The van der Waals surface area contributed by atoms with Crippen molar-refractivity contribution in [3.8, 4) is 0 Å². The predicted octanol–water partition coefficient (Wildman–Crippen LogP) is -0.805. The number of aliphatic hydroxyl groups excluding tert-OH is 2. The molecular formula is C14H22ClN3O5. The molecule has 0 radical (unpaired) electrons. The Morgan fingerprint density at radius 2 is 2.00 bits per heavy atom. The Bertz CT molecular complexity index is 640. The third-order valence-corrected chi connectivity index (χ3v) is 4.33. The summed E-state index contributed by atoms with van der Waals surface area (Å²) in [6.07, 6.45) is 1.76. The molecule has 0 aliphatic carbocycles. The number of rotatable bonds is 4. The third kappa shape index (κ3) is 3.84. The molecule has 0 bridgehead atoms. The average Bonchev–Trinajstić information content (AvgIpc) is 3.11. The molecule has 0 spiro atoms. The topological polar surface area (TPSA) is 108 Å². The van der Waals surface area contributed by atoms with Crippen molar-refractivity contribution in [2.45, 2.75) is 44.2 Å².